The Morgan fingerprint density at radius 3 is 2.64 bits per heavy atom. The van der Waals surface area contributed by atoms with Crippen molar-refractivity contribution < 1.29 is 21.6 Å². The van der Waals surface area contributed by atoms with E-state index < -0.39 is 26.7 Å². The first kappa shape index (κ1) is 17.5. The fraction of sp³-hybridized carbons (Fsp3) is 0.385. The number of alkyl halides is 3. The van der Waals surface area contributed by atoms with Crippen molar-refractivity contribution in [3.63, 3.8) is 0 Å². The van der Waals surface area contributed by atoms with Gasteiger partial charge in [-0.3, -0.25) is 0 Å². The molecule has 0 aliphatic carbocycles. The van der Waals surface area contributed by atoms with Gasteiger partial charge >= 0.3 is 6.18 Å². The number of nitrogens with one attached hydrogen (secondary N) is 2. The lowest BCUT2D eigenvalue weighted by molar-refractivity contribution is -0.137. The second kappa shape index (κ2) is 6.69. The quantitative estimate of drug-likeness (QED) is 0.766. The van der Waals surface area contributed by atoms with Crippen LogP contribution in [0.3, 0.4) is 0 Å². The maximum Gasteiger partial charge on any atom is 0.416 e. The summed E-state index contributed by atoms with van der Waals surface area (Å²) in [5.41, 5.74) is -0.0948. The van der Waals surface area contributed by atoms with E-state index >= 15 is 0 Å². The Balaban J connectivity index is 2.23. The molecule has 1 aromatic carbocycles. The van der Waals surface area contributed by atoms with Crippen LogP contribution in [0.4, 0.5) is 13.2 Å². The van der Waals surface area contributed by atoms with Crippen LogP contribution < -0.4 is 10.0 Å². The van der Waals surface area contributed by atoms with Crippen molar-refractivity contribution in [2.75, 3.05) is 19.6 Å². The van der Waals surface area contributed by atoms with Crippen LogP contribution in [0.25, 0.3) is 0 Å². The third kappa shape index (κ3) is 4.31. The Morgan fingerprint density at radius 1 is 1.32 bits per heavy atom. The summed E-state index contributed by atoms with van der Waals surface area (Å²) in [6, 6.07) is 2.54. The van der Waals surface area contributed by atoms with Crippen LogP contribution in [-0.2, 0) is 16.2 Å². The molecule has 0 fully saturated rings. The standard InChI is InChI=1S/C13H14BrF3N2O2S/c14-11-2-1-10(13(15,16)17)7-12(11)22(20,21)19-8-9-3-5-18-6-4-9/h1-3,7,18-19H,4-6,8H2. The summed E-state index contributed by atoms with van der Waals surface area (Å²) < 4.78 is 65.0. The second-order valence-electron chi connectivity index (χ2n) is 4.78. The van der Waals surface area contributed by atoms with Gasteiger partial charge in [-0.15, -0.1) is 0 Å². The maximum absolute atomic E-state index is 12.7. The van der Waals surface area contributed by atoms with Gasteiger partial charge in [0.2, 0.25) is 10.0 Å². The van der Waals surface area contributed by atoms with E-state index in [2.05, 4.69) is 26.0 Å². The summed E-state index contributed by atoms with van der Waals surface area (Å²) in [6.07, 6.45) is -2.03. The maximum atomic E-state index is 12.7. The Kier molecular flexibility index (Phi) is 5.31. The third-order valence-electron chi connectivity index (χ3n) is 3.20. The number of benzene rings is 1. The Hall–Kier alpha value is -0.900. The average Bonchev–Trinajstić information content (AvgIpc) is 2.45. The molecule has 0 saturated carbocycles. The van der Waals surface area contributed by atoms with Gasteiger partial charge in [-0.25, -0.2) is 13.1 Å². The van der Waals surface area contributed by atoms with E-state index in [4.69, 9.17) is 0 Å². The summed E-state index contributed by atoms with van der Waals surface area (Å²) in [6.45, 7) is 1.50. The number of rotatable bonds is 4. The van der Waals surface area contributed by atoms with Crippen LogP contribution in [-0.4, -0.2) is 28.1 Å². The normalized spacial score (nSPS) is 16.5. The SMILES string of the molecule is O=S(=O)(NCC1=CCNCC1)c1cc(C(F)(F)F)ccc1Br. The predicted molar refractivity (Wildman–Crippen MR) is 79.9 cm³/mol. The zero-order valence-corrected chi connectivity index (χ0v) is 13.8. The fourth-order valence-electron chi connectivity index (χ4n) is 1.98. The van der Waals surface area contributed by atoms with E-state index in [0.29, 0.717) is 19.0 Å². The fourth-order valence-corrected chi connectivity index (χ4v) is 4.00. The molecule has 0 unspecified atom stereocenters. The monoisotopic (exact) mass is 398 g/mol. The van der Waals surface area contributed by atoms with Crippen LogP contribution in [0.15, 0.2) is 39.2 Å². The van der Waals surface area contributed by atoms with Gasteiger partial charge in [0.05, 0.1) is 10.5 Å². The van der Waals surface area contributed by atoms with Crippen molar-refractivity contribution in [3.05, 3.63) is 39.9 Å². The van der Waals surface area contributed by atoms with Crippen molar-refractivity contribution in [2.45, 2.75) is 17.5 Å². The van der Waals surface area contributed by atoms with E-state index in [-0.39, 0.29) is 11.0 Å². The lowest BCUT2D eigenvalue weighted by atomic mass is 10.1. The van der Waals surface area contributed by atoms with Crippen LogP contribution in [0.5, 0.6) is 0 Å². The van der Waals surface area contributed by atoms with Gasteiger partial charge < -0.3 is 5.32 Å². The highest BCUT2D eigenvalue weighted by atomic mass is 79.9. The van der Waals surface area contributed by atoms with Gasteiger partial charge in [0.1, 0.15) is 0 Å². The van der Waals surface area contributed by atoms with Crippen LogP contribution in [0, 0.1) is 0 Å². The van der Waals surface area contributed by atoms with Crippen molar-refractivity contribution in [3.8, 4) is 0 Å². The molecule has 0 spiro atoms. The molecule has 0 amide bonds. The molecular formula is C13H14BrF3N2O2S. The molecule has 2 N–H and O–H groups in total. The van der Waals surface area contributed by atoms with Gasteiger partial charge in [0.25, 0.3) is 0 Å². The molecule has 1 aliphatic rings. The van der Waals surface area contributed by atoms with Crippen LogP contribution in [0.2, 0.25) is 0 Å². The molecule has 9 heteroatoms. The molecular weight excluding hydrogens is 385 g/mol. The first-order valence-corrected chi connectivity index (χ1v) is 8.73. The largest absolute Gasteiger partial charge is 0.416 e. The van der Waals surface area contributed by atoms with Crippen LogP contribution in [0.1, 0.15) is 12.0 Å². The van der Waals surface area contributed by atoms with Gasteiger partial charge in [-0.2, -0.15) is 13.2 Å². The van der Waals surface area contributed by atoms with Gasteiger partial charge in [-0.05, 0) is 47.1 Å². The minimum absolute atomic E-state index is 0.0900. The second-order valence-corrected chi connectivity index (χ2v) is 7.37. The van der Waals surface area contributed by atoms with E-state index in [1.165, 1.54) is 0 Å². The van der Waals surface area contributed by atoms with Crippen LogP contribution >= 0.6 is 15.9 Å². The Morgan fingerprint density at radius 2 is 2.05 bits per heavy atom. The minimum atomic E-state index is -4.59. The molecule has 22 heavy (non-hydrogen) atoms. The minimum Gasteiger partial charge on any atom is -0.313 e. The molecule has 2 rings (SSSR count). The lowest BCUT2D eigenvalue weighted by Crippen LogP contribution is -2.30. The summed E-state index contributed by atoms with van der Waals surface area (Å²) >= 11 is 2.99. The number of sulfonamides is 1. The topological polar surface area (TPSA) is 58.2 Å². The highest BCUT2D eigenvalue weighted by molar-refractivity contribution is 9.10. The summed E-state index contributed by atoms with van der Waals surface area (Å²) in [7, 11) is -4.03. The van der Waals surface area contributed by atoms with Crippen molar-refractivity contribution >= 4 is 26.0 Å². The predicted octanol–water partition coefficient (Wildman–Crippen LogP) is 2.67. The smallest absolute Gasteiger partial charge is 0.313 e. The zero-order chi connectivity index (χ0) is 16.4. The number of hydrogen-bond acceptors (Lipinski definition) is 3. The zero-order valence-electron chi connectivity index (χ0n) is 11.4. The molecule has 0 radical (unpaired) electrons. The lowest BCUT2D eigenvalue weighted by Gasteiger charge is -2.16. The van der Waals surface area contributed by atoms with Crippen molar-refractivity contribution in [1.29, 1.82) is 0 Å². The van der Waals surface area contributed by atoms with E-state index in [1.54, 1.807) is 0 Å². The summed E-state index contributed by atoms with van der Waals surface area (Å²) in [4.78, 5) is -0.420. The van der Waals surface area contributed by atoms with Gasteiger partial charge in [0.15, 0.2) is 0 Å². The molecule has 122 valence electrons. The summed E-state index contributed by atoms with van der Waals surface area (Å²) in [5, 5.41) is 3.09. The van der Waals surface area contributed by atoms with E-state index in [9.17, 15) is 21.6 Å². The average molecular weight is 399 g/mol. The Labute approximate surface area is 135 Å². The molecule has 0 atom stereocenters. The van der Waals surface area contributed by atoms with E-state index in [0.717, 1.165) is 24.3 Å². The summed E-state index contributed by atoms with van der Waals surface area (Å²) in [5.74, 6) is 0. The van der Waals surface area contributed by atoms with Crippen molar-refractivity contribution in [1.82, 2.24) is 10.0 Å². The van der Waals surface area contributed by atoms with Crippen molar-refractivity contribution in [2.24, 2.45) is 0 Å². The first-order chi connectivity index (χ1) is 10.2. The molecule has 0 aromatic heterocycles. The molecule has 0 saturated heterocycles. The number of hydrogen-bond donors (Lipinski definition) is 2. The molecule has 0 bridgehead atoms. The van der Waals surface area contributed by atoms with Gasteiger partial charge in [-0.1, -0.05) is 11.6 Å². The Bertz CT molecular complexity index is 687. The van der Waals surface area contributed by atoms with Gasteiger partial charge in [0, 0.05) is 17.6 Å². The van der Waals surface area contributed by atoms with E-state index in [1.807, 2.05) is 6.08 Å². The molecule has 4 nitrogen and oxygen atoms in total. The first-order valence-electron chi connectivity index (χ1n) is 6.45. The molecule has 1 aliphatic heterocycles. The molecule has 1 heterocycles. The number of halogens is 4. The third-order valence-corrected chi connectivity index (χ3v) is 5.59. The highest BCUT2D eigenvalue weighted by Crippen LogP contribution is 2.33. The molecule has 1 aromatic rings. The highest BCUT2D eigenvalue weighted by Gasteiger charge is 2.32.